The highest BCUT2D eigenvalue weighted by Crippen LogP contribution is 2.30. The fourth-order valence-corrected chi connectivity index (χ4v) is 4.10. The van der Waals surface area contributed by atoms with Crippen LogP contribution in [0.2, 0.25) is 0 Å². The van der Waals surface area contributed by atoms with E-state index in [0.717, 1.165) is 29.9 Å². The first-order valence-electron chi connectivity index (χ1n) is 7.71. The molecule has 0 spiro atoms. The molecule has 0 saturated carbocycles. The van der Waals surface area contributed by atoms with Crippen LogP contribution < -0.4 is 10.1 Å². The summed E-state index contributed by atoms with van der Waals surface area (Å²) in [6, 6.07) is 10.1. The van der Waals surface area contributed by atoms with Crippen LogP contribution in [0.25, 0.3) is 0 Å². The number of methoxy groups -OCH3 is 1. The third kappa shape index (κ3) is 3.33. The van der Waals surface area contributed by atoms with Crippen LogP contribution in [-0.2, 0) is 19.3 Å². The van der Waals surface area contributed by atoms with E-state index in [1.54, 1.807) is 18.4 Å². The highest BCUT2D eigenvalue weighted by molar-refractivity contribution is 7.14. The molecule has 4 heteroatoms. The number of nitrogens with one attached hydrogen (secondary N) is 1. The zero-order chi connectivity index (χ0) is 15.5. The lowest BCUT2D eigenvalue weighted by molar-refractivity contribution is 0.0944. The van der Waals surface area contributed by atoms with E-state index in [0.29, 0.717) is 0 Å². The summed E-state index contributed by atoms with van der Waals surface area (Å²) in [6.45, 7) is 2.04. The van der Waals surface area contributed by atoms with Gasteiger partial charge in [0.15, 0.2) is 0 Å². The molecule has 3 nitrogen and oxygen atoms in total. The van der Waals surface area contributed by atoms with Gasteiger partial charge in [-0.05, 0) is 61.9 Å². The average Bonchev–Trinajstić information content (AvgIpc) is 3.08. The van der Waals surface area contributed by atoms with Crippen molar-refractivity contribution in [1.29, 1.82) is 0 Å². The second-order valence-corrected chi connectivity index (χ2v) is 6.98. The molecule has 0 saturated heterocycles. The third-order valence-corrected chi connectivity index (χ3v) is 5.26. The molecule has 0 bridgehead atoms. The van der Waals surface area contributed by atoms with Crippen molar-refractivity contribution < 1.29 is 9.53 Å². The lowest BCUT2D eigenvalue weighted by Gasteiger charge is -2.14. The van der Waals surface area contributed by atoms with Crippen molar-refractivity contribution in [3.8, 4) is 5.75 Å². The van der Waals surface area contributed by atoms with Crippen LogP contribution in [0.4, 0.5) is 0 Å². The second kappa shape index (κ2) is 6.53. The van der Waals surface area contributed by atoms with E-state index in [-0.39, 0.29) is 11.9 Å². The van der Waals surface area contributed by atoms with Crippen LogP contribution in [0.15, 0.2) is 30.3 Å². The van der Waals surface area contributed by atoms with Gasteiger partial charge >= 0.3 is 0 Å². The maximum absolute atomic E-state index is 12.3. The molecule has 116 valence electrons. The Morgan fingerprint density at radius 3 is 3.00 bits per heavy atom. The van der Waals surface area contributed by atoms with E-state index in [9.17, 15) is 4.79 Å². The number of hydrogen-bond donors (Lipinski definition) is 1. The maximum Gasteiger partial charge on any atom is 0.261 e. The van der Waals surface area contributed by atoms with Gasteiger partial charge < -0.3 is 10.1 Å². The fourth-order valence-electron chi connectivity index (χ4n) is 2.94. The Morgan fingerprint density at radius 2 is 2.23 bits per heavy atom. The lowest BCUT2D eigenvalue weighted by Crippen LogP contribution is -2.33. The molecule has 1 N–H and O–H groups in total. The Kier molecular flexibility index (Phi) is 4.48. The molecule has 3 rings (SSSR count). The van der Waals surface area contributed by atoms with Crippen molar-refractivity contribution in [1.82, 2.24) is 5.32 Å². The number of aryl methyl sites for hydroxylation is 2. The SMILES string of the molecule is COc1cccc(CC(C)NC(=O)c2cc3c(s2)CCC3)c1. The number of carbonyl (C=O) groups excluding carboxylic acids is 1. The summed E-state index contributed by atoms with van der Waals surface area (Å²) in [5.74, 6) is 0.903. The number of rotatable bonds is 5. The van der Waals surface area contributed by atoms with Gasteiger partial charge in [-0.2, -0.15) is 0 Å². The molecule has 0 aliphatic heterocycles. The van der Waals surface area contributed by atoms with Crippen LogP contribution in [0, 0.1) is 0 Å². The monoisotopic (exact) mass is 315 g/mol. The molecule has 1 aliphatic rings. The van der Waals surface area contributed by atoms with Crippen LogP contribution in [-0.4, -0.2) is 19.1 Å². The summed E-state index contributed by atoms with van der Waals surface area (Å²) in [4.78, 5) is 14.6. The molecule has 1 amide bonds. The first kappa shape index (κ1) is 15.1. The second-order valence-electron chi connectivity index (χ2n) is 5.84. The van der Waals surface area contributed by atoms with Gasteiger partial charge in [-0.15, -0.1) is 11.3 Å². The molecule has 0 radical (unpaired) electrons. The van der Waals surface area contributed by atoms with Gasteiger partial charge in [0.25, 0.3) is 5.91 Å². The number of hydrogen-bond acceptors (Lipinski definition) is 3. The molecule has 2 aromatic rings. The van der Waals surface area contributed by atoms with Gasteiger partial charge in [0.05, 0.1) is 12.0 Å². The predicted octanol–water partition coefficient (Wildman–Crippen LogP) is 3.61. The highest BCUT2D eigenvalue weighted by atomic mass is 32.1. The zero-order valence-corrected chi connectivity index (χ0v) is 13.8. The van der Waals surface area contributed by atoms with E-state index in [1.165, 1.54) is 22.4 Å². The number of fused-ring (bicyclic) bond motifs is 1. The number of ether oxygens (including phenoxy) is 1. The third-order valence-electron chi connectivity index (χ3n) is 4.02. The molecular weight excluding hydrogens is 294 g/mol. The van der Waals surface area contributed by atoms with E-state index in [2.05, 4.69) is 17.4 Å². The van der Waals surface area contributed by atoms with Crippen molar-refractivity contribution in [2.45, 2.75) is 38.6 Å². The van der Waals surface area contributed by atoms with Crippen LogP contribution in [0.1, 0.15) is 39.0 Å². The predicted molar refractivity (Wildman–Crippen MR) is 90.0 cm³/mol. The first-order chi connectivity index (χ1) is 10.7. The summed E-state index contributed by atoms with van der Waals surface area (Å²) >= 11 is 1.65. The Bertz CT molecular complexity index is 656. The fraction of sp³-hybridized carbons (Fsp3) is 0.389. The molecule has 1 aromatic heterocycles. The number of carbonyl (C=O) groups is 1. The molecule has 1 heterocycles. The summed E-state index contributed by atoms with van der Waals surface area (Å²) in [7, 11) is 1.67. The maximum atomic E-state index is 12.3. The van der Waals surface area contributed by atoms with Crippen LogP contribution >= 0.6 is 11.3 Å². The lowest BCUT2D eigenvalue weighted by atomic mass is 10.1. The van der Waals surface area contributed by atoms with Crippen molar-refractivity contribution in [3.05, 3.63) is 51.2 Å². The van der Waals surface area contributed by atoms with Gasteiger partial charge in [-0.25, -0.2) is 0 Å². The van der Waals surface area contributed by atoms with Crippen molar-refractivity contribution >= 4 is 17.2 Å². The Morgan fingerprint density at radius 1 is 1.36 bits per heavy atom. The smallest absolute Gasteiger partial charge is 0.261 e. The highest BCUT2D eigenvalue weighted by Gasteiger charge is 2.19. The summed E-state index contributed by atoms with van der Waals surface area (Å²) in [5, 5.41) is 3.10. The van der Waals surface area contributed by atoms with Gasteiger partial charge in [0, 0.05) is 10.9 Å². The largest absolute Gasteiger partial charge is 0.497 e. The first-order valence-corrected chi connectivity index (χ1v) is 8.52. The normalized spacial score (nSPS) is 14.5. The molecule has 1 aromatic carbocycles. The minimum absolute atomic E-state index is 0.0507. The van der Waals surface area contributed by atoms with Gasteiger partial charge in [-0.3, -0.25) is 4.79 Å². The number of thiophene rings is 1. The van der Waals surface area contributed by atoms with Crippen molar-refractivity contribution in [2.75, 3.05) is 7.11 Å². The van der Waals surface area contributed by atoms with E-state index < -0.39 is 0 Å². The summed E-state index contributed by atoms with van der Waals surface area (Å²) in [5.41, 5.74) is 2.54. The van der Waals surface area contributed by atoms with Gasteiger partial charge in [-0.1, -0.05) is 12.1 Å². The number of benzene rings is 1. The Balaban J connectivity index is 1.60. The topological polar surface area (TPSA) is 38.3 Å². The molecular formula is C18H21NO2S. The molecule has 1 aliphatic carbocycles. The zero-order valence-electron chi connectivity index (χ0n) is 13.0. The van der Waals surface area contributed by atoms with E-state index in [4.69, 9.17) is 4.74 Å². The Hall–Kier alpha value is -1.81. The van der Waals surface area contributed by atoms with E-state index >= 15 is 0 Å². The summed E-state index contributed by atoms with van der Waals surface area (Å²) < 4.78 is 5.24. The van der Waals surface area contributed by atoms with Gasteiger partial charge in [0.1, 0.15) is 5.75 Å². The minimum Gasteiger partial charge on any atom is -0.497 e. The van der Waals surface area contributed by atoms with Crippen molar-refractivity contribution in [2.24, 2.45) is 0 Å². The minimum atomic E-state index is 0.0507. The Labute approximate surface area is 135 Å². The van der Waals surface area contributed by atoms with E-state index in [1.807, 2.05) is 25.1 Å². The van der Waals surface area contributed by atoms with Gasteiger partial charge in [0.2, 0.25) is 0 Å². The molecule has 22 heavy (non-hydrogen) atoms. The van der Waals surface area contributed by atoms with Crippen LogP contribution in [0.5, 0.6) is 5.75 Å². The standard InChI is InChI=1S/C18H21NO2S/c1-12(9-13-5-3-7-15(10-13)21-2)19-18(20)17-11-14-6-4-8-16(14)22-17/h3,5,7,10-12H,4,6,8-9H2,1-2H3,(H,19,20). The summed E-state index contributed by atoms with van der Waals surface area (Å²) in [6.07, 6.45) is 4.29. The molecule has 1 atom stereocenters. The molecule has 1 unspecified atom stereocenters. The average molecular weight is 315 g/mol. The van der Waals surface area contributed by atoms with Crippen molar-refractivity contribution in [3.63, 3.8) is 0 Å². The van der Waals surface area contributed by atoms with Crippen LogP contribution in [0.3, 0.4) is 0 Å². The number of amides is 1. The quantitative estimate of drug-likeness (QED) is 0.915. The molecule has 0 fully saturated rings.